The van der Waals surface area contributed by atoms with Gasteiger partial charge in [0.15, 0.2) is 0 Å². The molecule has 0 amide bonds. The number of aryl methyl sites for hydroxylation is 1. The van der Waals surface area contributed by atoms with Gasteiger partial charge in [-0.05, 0) is 19.1 Å². The van der Waals surface area contributed by atoms with Crippen molar-refractivity contribution in [3.8, 4) is 5.69 Å². The van der Waals surface area contributed by atoms with Crippen LogP contribution in [-0.4, -0.2) is 14.4 Å². The molecule has 1 aromatic carbocycles. The Bertz CT molecular complexity index is 603. The molecule has 1 N–H and O–H groups in total. The van der Waals surface area contributed by atoms with E-state index in [-0.39, 0.29) is 0 Å². The average molecular weight is 222 g/mol. The molecular weight excluding hydrogens is 212 g/mol. The first-order valence-corrected chi connectivity index (χ1v) is 4.64. The van der Waals surface area contributed by atoms with Crippen molar-refractivity contribution >= 4 is 0 Å². The molecule has 6 nitrogen and oxygen atoms in total. The highest BCUT2D eigenvalue weighted by atomic mass is 16.5. The first-order chi connectivity index (χ1) is 7.63. The van der Waals surface area contributed by atoms with Gasteiger partial charge in [-0.2, -0.15) is 0 Å². The first kappa shape index (κ1) is 10.4. The fraction of sp³-hybridized carbons (Fsp3) is 0.200. The summed E-state index contributed by atoms with van der Waals surface area (Å²) in [5.41, 5.74) is 0.775. The van der Waals surface area contributed by atoms with Gasteiger partial charge in [-0.1, -0.05) is 17.7 Å². The van der Waals surface area contributed by atoms with E-state index >= 15 is 0 Å². The highest BCUT2D eigenvalue weighted by Gasteiger charge is 2.11. The van der Waals surface area contributed by atoms with Gasteiger partial charge in [0.2, 0.25) is 0 Å². The molecule has 84 valence electrons. The summed E-state index contributed by atoms with van der Waals surface area (Å²) >= 11 is 0. The van der Waals surface area contributed by atoms with Crippen LogP contribution in [0.3, 0.4) is 0 Å². The van der Waals surface area contributed by atoms with Crippen molar-refractivity contribution in [2.24, 2.45) is 0 Å². The van der Waals surface area contributed by atoms with Crippen LogP contribution in [0.2, 0.25) is 0 Å². The van der Waals surface area contributed by atoms with Crippen molar-refractivity contribution in [3.63, 3.8) is 0 Å². The monoisotopic (exact) mass is 222 g/mol. The van der Waals surface area contributed by atoms with E-state index in [1.54, 1.807) is 24.3 Å². The average Bonchev–Trinajstić information content (AvgIpc) is 2.55. The lowest BCUT2D eigenvalue weighted by molar-refractivity contribution is 0.196. The molecule has 0 aliphatic rings. The third-order valence-corrected chi connectivity index (χ3v) is 2.20. The maximum Gasteiger partial charge on any atom is 0.445 e. The maximum absolute atomic E-state index is 11.6. The molecule has 0 spiro atoms. The molecule has 0 saturated carbocycles. The van der Waals surface area contributed by atoms with Gasteiger partial charge in [0, 0.05) is 0 Å². The van der Waals surface area contributed by atoms with E-state index in [4.69, 9.17) is 9.63 Å². The Morgan fingerprint density at radius 1 is 1.25 bits per heavy atom. The largest absolute Gasteiger partial charge is 0.445 e. The van der Waals surface area contributed by atoms with Gasteiger partial charge in [-0.25, -0.2) is 14.2 Å². The van der Waals surface area contributed by atoms with Crippen LogP contribution >= 0.6 is 0 Å². The molecule has 0 radical (unpaired) electrons. The van der Waals surface area contributed by atoms with E-state index in [1.807, 2.05) is 6.92 Å². The molecule has 16 heavy (non-hydrogen) atoms. The van der Waals surface area contributed by atoms with E-state index in [2.05, 4.69) is 0 Å². The predicted octanol–water partition coefficient (Wildman–Crippen LogP) is -0.150. The standard InChI is InChI=1S/C10H10N2O4/c1-7-2-4-8(5-3-7)12-9(14)11(6-13)10(15)16-12/h2-5,13H,6H2,1H3. The number of benzene rings is 1. The normalized spacial score (nSPS) is 10.6. The second-order valence-electron chi connectivity index (χ2n) is 3.34. The Hall–Kier alpha value is -2.08. The third kappa shape index (κ3) is 1.59. The Morgan fingerprint density at radius 3 is 2.38 bits per heavy atom. The topological polar surface area (TPSA) is 77.4 Å². The van der Waals surface area contributed by atoms with Crippen LogP contribution < -0.4 is 11.4 Å². The minimum atomic E-state index is -0.881. The number of rotatable bonds is 2. The number of aliphatic hydroxyl groups excluding tert-OH is 1. The molecule has 0 unspecified atom stereocenters. The van der Waals surface area contributed by atoms with E-state index in [9.17, 15) is 9.59 Å². The van der Waals surface area contributed by atoms with E-state index in [0.29, 0.717) is 10.3 Å². The van der Waals surface area contributed by atoms with Crippen LogP contribution in [0.4, 0.5) is 0 Å². The second-order valence-corrected chi connectivity index (χ2v) is 3.34. The molecule has 1 heterocycles. The van der Waals surface area contributed by atoms with Crippen LogP contribution in [0.15, 0.2) is 38.4 Å². The first-order valence-electron chi connectivity index (χ1n) is 4.64. The Morgan fingerprint density at radius 2 is 1.88 bits per heavy atom. The minimum Gasteiger partial charge on any atom is -0.376 e. The second kappa shape index (κ2) is 3.82. The summed E-state index contributed by atoms with van der Waals surface area (Å²) in [6.07, 6.45) is 0. The predicted molar refractivity (Wildman–Crippen MR) is 55.5 cm³/mol. The van der Waals surface area contributed by atoms with Gasteiger partial charge in [0.1, 0.15) is 6.73 Å². The molecule has 0 bridgehead atoms. The van der Waals surface area contributed by atoms with Gasteiger partial charge in [-0.3, -0.25) is 0 Å². The lowest BCUT2D eigenvalue weighted by Crippen LogP contribution is -2.28. The van der Waals surface area contributed by atoms with E-state index in [0.717, 1.165) is 10.3 Å². The molecule has 2 aromatic rings. The molecule has 0 saturated heterocycles. The Kier molecular flexibility index (Phi) is 2.49. The maximum atomic E-state index is 11.6. The molecule has 2 rings (SSSR count). The van der Waals surface area contributed by atoms with Crippen molar-refractivity contribution in [2.75, 3.05) is 0 Å². The summed E-state index contributed by atoms with van der Waals surface area (Å²) in [6.45, 7) is 1.21. The summed E-state index contributed by atoms with van der Waals surface area (Å²) in [4.78, 5) is 22.7. The fourth-order valence-corrected chi connectivity index (χ4v) is 1.32. The summed E-state index contributed by atoms with van der Waals surface area (Å²) in [5, 5.41) is 8.79. The van der Waals surface area contributed by atoms with Crippen LogP contribution in [0, 0.1) is 6.92 Å². The molecule has 0 fully saturated rings. The number of hydrogen-bond acceptors (Lipinski definition) is 4. The van der Waals surface area contributed by atoms with Gasteiger partial charge in [-0.15, -0.1) is 4.74 Å². The molecule has 0 aliphatic heterocycles. The van der Waals surface area contributed by atoms with E-state index < -0.39 is 18.2 Å². The minimum absolute atomic E-state index is 0.444. The van der Waals surface area contributed by atoms with Crippen LogP contribution in [0.5, 0.6) is 0 Å². The summed E-state index contributed by atoms with van der Waals surface area (Å²) < 4.78 is 6.16. The van der Waals surface area contributed by atoms with Crippen molar-refractivity contribution in [2.45, 2.75) is 13.7 Å². The van der Waals surface area contributed by atoms with Gasteiger partial charge in [0.05, 0.1) is 5.69 Å². The fourth-order valence-electron chi connectivity index (χ4n) is 1.32. The zero-order valence-corrected chi connectivity index (χ0v) is 8.58. The molecule has 1 aromatic heterocycles. The Labute approximate surface area is 89.9 Å². The highest BCUT2D eigenvalue weighted by molar-refractivity contribution is 5.32. The van der Waals surface area contributed by atoms with Crippen molar-refractivity contribution in [1.82, 2.24) is 9.31 Å². The van der Waals surface area contributed by atoms with Crippen LogP contribution in [0.25, 0.3) is 5.69 Å². The molecular formula is C10H10N2O4. The van der Waals surface area contributed by atoms with Crippen molar-refractivity contribution < 1.29 is 9.63 Å². The van der Waals surface area contributed by atoms with Gasteiger partial charge >= 0.3 is 11.4 Å². The summed E-state index contributed by atoms with van der Waals surface area (Å²) in [7, 11) is 0. The van der Waals surface area contributed by atoms with E-state index in [1.165, 1.54) is 0 Å². The van der Waals surface area contributed by atoms with Gasteiger partial charge < -0.3 is 9.63 Å². The van der Waals surface area contributed by atoms with Crippen molar-refractivity contribution in [1.29, 1.82) is 0 Å². The lowest BCUT2D eigenvalue weighted by atomic mass is 10.2. The Balaban J connectivity index is 2.61. The van der Waals surface area contributed by atoms with Crippen molar-refractivity contribution in [3.05, 3.63) is 50.9 Å². The highest BCUT2D eigenvalue weighted by Crippen LogP contribution is 2.05. The number of hydrogen-bond donors (Lipinski definition) is 1. The van der Waals surface area contributed by atoms with Gasteiger partial charge in [0.25, 0.3) is 0 Å². The zero-order chi connectivity index (χ0) is 11.7. The van der Waals surface area contributed by atoms with Crippen LogP contribution in [-0.2, 0) is 6.73 Å². The smallest absolute Gasteiger partial charge is 0.376 e. The lowest BCUT2D eigenvalue weighted by Gasteiger charge is -1.98. The zero-order valence-electron chi connectivity index (χ0n) is 8.58. The quantitative estimate of drug-likeness (QED) is 0.766. The SMILES string of the molecule is Cc1ccc(-n2oc(=O)n(CO)c2=O)cc1. The third-order valence-electron chi connectivity index (χ3n) is 2.20. The number of nitrogens with zero attached hydrogens (tertiary/aromatic N) is 2. The number of aromatic nitrogens is 2. The molecule has 0 aliphatic carbocycles. The summed E-state index contributed by atoms with van der Waals surface area (Å²) in [6, 6.07) is 6.89. The molecule has 0 atom stereocenters. The summed E-state index contributed by atoms with van der Waals surface area (Å²) in [5.74, 6) is -0.881. The van der Waals surface area contributed by atoms with Crippen LogP contribution in [0.1, 0.15) is 5.56 Å². The number of aliphatic hydroxyl groups is 1. The molecule has 6 heteroatoms.